The molecule has 1 fully saturated rings. The molecule has 2 atom stereocenters. The second-order valence-corrected chi connectivity index (χ2v) is 7.42. The summed E-state index contributed by atoms with van der Waals surface area (Å²) in [5.74, 6) is -1.000. The minimum atomic E-state index is -0.704. The number of thiophene rings is 1. The summed E-state index contributed by atoms with van der Waals surface area (Å²) in [7, 11) is 0. The predicted molar refractivity (Wildman–Crippen MR) is 95.2 cm³/mol. The van der Waals surface area contributed by atoms with Crippen molar-refractivity contribution < 1.29 is 9.90 Å². The Morgan fingerprint density at radius 1 is 1.21 bits per heavy atom. The third-order valence-electron chi connectivity index (χ3n) is 4.66. The molecule has 3 heterocycles. The highest BCUT2D eigenvalue weighted by molar-refractivity contribution is 7.19. The Hall–Kier alpha value is -2.24. The normalized spacial score (nSPS) is 21.3. The first-order chi connectivity index (χ1) is 11.7. The van der Waals surface area contributed by atoms with Crippen molar-refractivity contribution in [1.82, 2.24) is 9.88 Å². The number of aliphatic carboxylic acids is 1. The van der Waals surface area contributed by atoms with Crippen LogP contribution in [0.5, 0.6) is 0 Å². The number of benzene rings is 1. The third-order valence-corrected chi connectivity index (χ3v) is 5.73. The van der Waals surface area contributed by atoms with Gasteiger partial charge in [-0.05, 0) is 23.8 Å². The number of carboxylic acid groups (broad SMARTS) is 1. The fraction of sp³-hybridized carbons (Fsp3) is 0.263. The highest BCUT2D eigenvalue weighted by Crippen LogP contribution is 2.35. The summed E-state index contributed by atoms with van der Waals surface area (Å²) >= 11 is 1.74. The number of nitrogens with zero attached hydrogens (tertiary/aromatic N) is 2. The van der Waals surface area contributed by atoms with E-state index >= 15 is 0 Å². The maximum absolute atomic E-state index is 11.7. The van der Waals surface area contributed by atoms with Gasteiger partial charge in [0.1, 0.15) is 0 Å². The quantitative estimate of drug-likeness (QED) is 0.790. The molecule has 0 bridgehead atoms. The largest absolute Gasteiger partial charge is 0.481 e. The smallest absolute Gasteiger partial charge is 0.308 e. The van der Waals surface area contributed by atoms with Gasteiger partial charge in [-0.2, -0.15) is 0 Å². The molecule has 0 spiro atoms. The van der Waals surface area contributed by atoms with Crippen LogP contribution in [0.1, 0.15) is 16.4 Å². The first-order valence-electron chi connectivity index (χ1n) is 8.04. The summed E-state index contributed by atoms with van der Waals surface area (Å²) < 4.78 is 1.18. The van der Waals surface area contributed by atoms with Gasteiger partial charge >= 0.3 is 5.97 Å². The molecule has 0 aliphatic carbocycles. The van der Waals surface area contributed by atoms with E-state index in [9.17, 15) is 9.90 Å². The number of fused-ring (bicyclic) bond motifs is 1. The molecule has 4 nitrogen and oxygen atoms in total. The van der Waals surface area contributed by atoms with Gasteiger partial charge in [0.2, 0.25) is 0 Å². The van der Waals surface area contributed by atoms with Gasteiger partial charge in [-0.15, -0.1) is 11.3 Å². The number of rotatable bonds is 4. The molecule has 1 aliphatic rings. The Labute approximate surface area is 144 Å². The molecule has 1 N–H and O–H groups in total. The molecule has 1 aliphatic heterocycles. The number of carbonyl (C=O) groups is 1. The average Bonchev–Trinajstić information content (AvgIpc) is 3.19. The van der Waals surface area contributed by atoms with Gasteiger partial charge in [0.15, 0.2) is 0 Å². The number of pyridine rings is 1. The fourth-order valence-electron chi connectivity index (χ4n) is 3.52. The van der Waals surface area contributed by atoms with Crippen molar-refractivity contribution >= 4 is 27.5 Å². The number of hydrogen-bond acceptors (Lipinski definition) is 4. The van der Waals surface area contributed by atoms with E-state index in [2.05, 4.69) is 22.0 Å². The summed E-state index contributed by atoms with van der Waals surface area (Å²) in [6.07, 6.45) is 1.81. The molecule has 0 radical (unpaired) electrons. The highest BCUT2D eigenvalue weighted by Gasteiger charge is 2.38. The van der Waals surface area contributed by atoms with E-state index in [0.29, 0.717) is 6.54 Å². The molecule has 1 aromatic carbocycles. The van der Waals surface area contributed by atoms with Crippen molar-refractivity contribution in [2.75, 3.05) is 13.1 Å². The average molecular weight is 338 g/mol. The van der Waals surface area contributed by atoms with Crippen LogP contribution in [0.25, 0.3) is 10.2 Å². The van der Waals surface area contributed by atoms with E-state index in [1.807, 2.05) is 36.4 Å². The lowest BCUT2D eigenvalue weighted by molar-refractivity contribution is -0.141. The number of carboxylic acids is 1. The molecule has 24 heavy (non-hydrogen) atoms. The van der Waals surface area contributed by atoms with Crippen molar-refractivity contribution in [2.45, 2.75) is 12.5 Å². The maximum atomic E-state index is 11.7. The molecule has 122 valence electrons. The van der Waals surface area contributed by atoms with Gasteiger partial charge in [0, 0.05) is 36.6 Å². The van der Waals surface area contributed by atoms with E-state index < -0.39 is 5.97 Å². The van der Waals surface area contributed by atoms with Crippen molar-refractivity contribution in [3.05, 3.63) is 65.2 Å². The van der Waals surface area contributed by atoms with Crippen molar-refractivity contribution in [1.29, 1.82) is 0 Å². The lowest BCUT2D eigenvalue weighted by Crippen LogP contribution is -2.22. The van der Waals surface area contributed by atoms with E-state index in [1.165, 1.54) is 9.58 Å². The van der Waals surface area contributed by atoms with E-state index in [1.54, 1.807) is 17.5 Å². The van der Waals surface area contributed by atoms with Gasteiger partial charge in [-0.25, -0.2) is 0 Å². The van der Waals surface area contributed by atoms with Crippen LogP contribution in [0.15, 0.2) is 54.7 Å². The van der Waals surface area contributed by atoms with Crippen LogP contribution in [-0.2, 0) is 11.3 Å². The molecule has 2 aromatic heterocycles. The van der Waals surface area contributed by atoms with Crippen LogP contribution in [-0.4, -0.2) is 34.0 Å². The zero-order valence-electron chi connectivity index (χ0n) is 13.1. The first kappa shape index (κ1) is 15.3. The summed E-state index contributed by atoms with van der Waals surface area (Å²) in [6.45, 7) is 2.16. The third kappa shape index (κ3) is 2.92. The van der Waals surface area contributed by atoms with Gasteiger partial charge in [-0.3, -0.25) is 14.7 Å². The zero-order chi connectivity index (χ0) is 16.5. The Balaban J connectivity index is 1.55. The number of hydrogen-bond donors (Lipinski definition) is 1. The van der Waals surface area contributed by atoms with Crippen LogP contribution in [0, 0.1) is 5.92 Å². The molecule has 4 rings (SSSR count). The van der Waals surface area contributed by atoms with Gasteiger partial charge in [0.05, 0.1) is 16.1 Å². The Bertz CT molecular complexity index is 829. The minimum absolute atomic E-state index is 0.0520. The Morgan fingerprint density at radius 2 is 2.04 bits per heavy atom. The van der Waals surface area contributed by atoms with Crippen LogP contribution in [0.3, 0.4) is 0 Å². The molecule has 1 saturated heterocycles. The molecule has 0 saturated carbocycles. The lowest BCUT2D eigenvalue weighted by atomic mass is 9.89. The minimum Gasteiger partial charge on any atom is -0.481 e. The van der Waals surface area contributed by atoms with Gasteiger partial charge in [0.25, 0.3) is 0 Å². The lowest BCUT2D eigenvalue weighted by Gasteiger charge is -2.15. The molecular formula is C19H18N2O2S. The van der Waals surface area contributed by atoms with Crippen molar-refractivity contribution in [3.8, 4) is 0 Å². The van der Waals surface area contributed by atoms with Crippen LogP contribution >= 0.6 is 11.3 Å². The first-order valence-corrected chi connectivity index (χ1v) is 8.86. The molecule has 5 heteroatoms. The van der Waals surface area contributed by atoms with E-state index in [4.69, 9.17) is 0 Å². The highest BCUT2D eigenvalue weighted by atomic mass is 32.1. The van der Waals surface area contributed by atoms with Crippen LogP contribution in [0.4, 0.5) is 0 Å². The fourth-order valence-corrected chi connectivity index (χ4v) is 4.58. The Kier molecular flexibility index (Phi) is 4.04. The summed E-state index contributed by atoms with van der Waals surface area (Å²) in [5.41, 5.74) is 2.14. The van der Waals surface area contributed by atoms with E-state index in [-0.39, 0.29) is 11.8 Å². The number of likely N-dealkylation sites (tertiary alicyclic amines) is 1. The van der Waals surface area contributed by atoms with Gasteiger partial charge in [-0.1, -0.05) is 30.3 Å². The molecular weight excluding hydrogens is 320 g/mol. The summed E-state index contributed by atoms with van der Waals surface area (Å²) in [5, 5.41) is 9.61. The van der Waals surface area contributed by atoms with Crippen LogP contribution in [0.2, 0.25) is 0 Å². The van der Waals surface area contributed by atoms with E-state index in [0.717, 1.165) is 24.2 Å². The topological polar surface area (TPSA) is 53.4 Å². The van der Waals surface area contributed by atoms with Crippen molar-refractivity contribution in [3.63, 3.8) is 0 Å². The maximum Gasteiger partial charge on any atom is 0.308 e. The Morgan fingerprint density at radius 3 is 2.79 bits per heavy atom. The standard InChI is InChI=1S/C19H18N2O2S/c22-19(23)16-12-21(11-15(16)13-5-2-1-3-6-13)10-14-9-17-18(24-14)7-4-8-20-17/h1-9,15-16H,10-12H2,(H,22,23)/t15-,16+/m0/s1. The van der Waals surface area contributed by atoms with Crippen molar-refractivity contribution in [2.24, 2.45) is 5.92 Å². The van der Waals surface area contributed by atoms with Gasteiger partial charge < -0.3 is 5.11 Å². The zero-order valence-corrected chi connectivity index (χ0v) is 13.9. The summed E-state index contributed by atoms with van der Waals surface area (Å²) in [4.78, 5) is 19.6. The number of aromatic nitrogens is 1. The molecule has 0 unspecified atom stereocenters. The molecule has 3 aromatic rings. The summed E-state index contributed by atoms with van der Waals surface area (Å²) in [6, 6.07) is 16.1. The molecule has 0 amide bonds. The monoisotopic (exact) mass is 338 g/mol. The SMILES string of the molecule is O=C(O)[C@@H]1CN(Cc2cc3ncccc3s2)C[C@H]1c1ccccc1. The second-order valence-electron chi connectivity index (χ2n) is 6.26. The van der Waals surface area contributed by atoms with Crippen LogP contribution < -0.4 is 0 Å². The predicted octanol–water partition coefficient (Wildman–Crippen LogP) is 3.60. The second kappa shape index (κ2) is 6.34.